The topological polar surface area (TPSA) is 92.2 Å². The fraction of sp³-hybridized carbons (Fsp3) is 0.143. The second-order valence-electron chi connectivity index (χ2n) is 2.43. The van der Waals surface area contributed by atoms with E-state index in [9.17, 15) is 14.7 Å². The van der Waals surface area contributed by atoms with E-state index in [1.165, 1.54) is 24.5 Å². The van der Waals surface area contributed by atoms with Gasteiger partial charge in [0, 0.05) is 18.2 Å². The van der Waals surface area contributed by atoms with Gasteiger partial charge in [0.05, 0.1) is 4.92 Å². The van der Waals surface area contributed by atoms with Gasteiger partial charge >= 0.3 is 0 Å². The first kappa shape index (κ1) is 9.82. The molecule has 2 N–H and O–H groups in total. The van der Waals surface area contributed by atoms with Crippen molar-refractivity contribution in [3.63, 3.8) is 0 Å². The molecule has 0 aromatic heterocycles. The van der Waals surface area contributed by atoms with Crippen LogP contribution in [0.5, 0.6) is 0 Å². The van der Waals surface area contributed by atoms with Crippen molar-refractivity contribution in [2.45, 2.75) is 4.90 Å². The van der Waals surface area contributed by atoms with Crippen LogP contribution in [0.25, 0.3) is 0 Å². The van der Waals surface area contributed by atoms with Crippen molar-refractivity contribution in [1.29, 1.82) is 0 Å². The maximum absolute atomic E-state index is 11.0. The van der Waals surface area contributed by atoms with E-state index in [0.29, 0.717) is 4.90 Å². The predicted octanol–water partition coefficient (Wildman–Crippen LogP) is 0.914. The number of anilines is 1. The molecule has 1 aromatic rings. The fourth-order valence-corrected chi connectivity index (χ4v) is 1.43. The molecule has 0 aliphatic carbocycles. The number of hydrogen-bond donors (Lipinski definition) is 1. The van der Waals surface area contributed by atoms with Crippen LogP contribution in [0.4, 0.5) is 11.4 Å². The predicted molar refractivity (Wildman–Crippen MR) is 49.8 cm³/mol. The van der Waals surface area contributed by atoms with Crippen LogP contribution in [0.3, 0.4) is 0 Å². The molecule has 5 nitrogen and oxygen atoms in total. The molecule has 0 heterocycles. The van der Waals surface area contributed by atoms with Crippen LogP contribution in [0.1, 0.15) is 0 Å². The Bertz CT molecular complexity index is 341. The van der Waals surface area contributed by atoms with E-state index in [2.05, 4.69) is 0 Å². The number of nitrogen functional groups attached to an aromatic ring is 1. The quantitative estimate of drug-likeness (QED) is 0.332. The highest BCUT2D eigenvalue weighted by atomic mass is 32.2. The SMILES string of the molecule is C[S+]([O-])c1ccc([N+](=O)[O-])c(N)c1. The lowest BCUT2D eigenvalue weighted by Gasteiger charge is -2.04. The zero-order valence-corrected chi connectivity index (χ0v) is 7.71. The molecule has 0 aliphatic rings. The second kappa shape index (κ2) is 3.63. The molecule has 13 heavy (non-hydrogen) atoms. The molecule has 0 amide bonds. The van der Waals surface area contributed by atoms with Crippen LogP contribution in [0.2, 0.25) is 0 Å². The van der Waals surface area contributed by atoms with E-state index in [1.807, 2.05) is 0 Å². The van der Waals surface area contributed by atoms with Crippen molar-refractivity contribution in [3.8, 4) is 0 Å². The van der Waals surface area contributed by atoms with Crippen LogP contribution in [-0.2, 0) is 11.2 Å². The summed E-state index contributed by atoms with van der Waals surface area (Å²) in [7, 11) is 0. The molecule has 0 fully saturated rings. The Labute approximate surface area is 77.9 Å². The number of hydrogen-bond acceptors (Lipinski definition) is 4. The van der Waals surface area contributed by atoms with Crippen molar-refractivity contribution in [1.82, 2.24) is 0 Å². The highest BCUT2D eigenvalue weighted by Crippen LogP contribution is 2.23. The summed E-state index contributed by atoms with van der Waals surface area (Å²) in [6, 6.07) is 4.05. The van der Waals surface area contributed by atoms with Crippen molar-refractivity contribution in [3.05, 3.63) is 28.3 Å². The molecule has 0 saturated heterocycles. The number of nitrogens with two attached hydrogens (primary N) is 1. The van der Waals surface area contributed by atoms with Crippen LogP contribution < -0.4 is 5.73 Å². The van der Waals surface area contributed by atoms with E-state index in [1.54, 1.807) is 0 Å². The molecule has 1 atom stereocenters. The van der Waals surface area contributed by atoms with E-state index in [0.717, 1.165) is 0 Å². The Morgan fingerprint density at radius 2 is 2.15 bits per heavy atom. The van der Waals surface area contributed by atoms with Crippen LogP contribution in [0, 0.1) is 10.1 Å². The van der Waals surface area contributed by atoms with E-state index in [4.69, 9.17) is 5.73 Å². The zero-order valence-electron chi connectivity index (χ0n) is 6.89. The Hall–Kier alpha value is -1.27. The van der Waals surface area contributed by atoms with Crippen molar-refractivity contribution in [2.75, 3.05) is 12.0 Å². The number of nitro groups is 1. The van der Waals surface area contributed by atoms with Gasteiger partial charge < -0.3 is 10.3 Å². The monoisotopic (exact) mass is 200 g/mol. The lowest BCUT2D eigenvalue weighted by atomic mass is 10.3. The molecular formula is C7H8N2O3S. The third kappa shape index (κ3) is 2.10. The Morgan fingerprint density at radius 1 is 1.54 bits per heavy atom. The van der Waals surface area contributed by atoms with E-state index in [-0.39, 0.29) is 11.4 Å². The number of nitrogens with zero attached hydrogens (tertiary/aromatic N) is 1. The molecule has 70 valence electrons. The Morgan fingerprint density at radius 3 is 2.54 bits per heavy atom. The third-order valence-corrected chi connectivity index (χ3v) is 2.45. The summed E-state index contributed by atoms with van der Waals surface area (Å²) >= 11 is -1.16. The first-order valence-electron chi connectivity index (χ1n) is 3.39. The van der Waals surface area contributed by atoms with Gasteiger partial charge in [0.2, 0.25) is 0 Å². The molecule has 0 spiro atoms. The number of nitro benzene ring substituents is 1. The maximum atomic E-state index is 11.0. The van der Waals surface area contributed by atoms with Gasteiger partial charge in [-0.3, -0.25) is 10.1 Å². The number of rotatable bonds is 2. The summed E-state index contributed by atoms with van der Waals surface area (Å²) in [4.78, 5) is 10.3. The van der Waals surface area contributed by atoms with Crippen molar-refractivity contribution < 1.29 is 9.48 Å². The molecule has 0 bridgehead atoms. The first-order chi connectivity index (χ1) is 6.02. The van der Waals surface area contributed by atoms with Gasteiger partial charge in [0.25, 0.3) is 5.69 Å². The van der Waals surface area contributed by atoms with Gasteiger partial charge in [-0.1, -0.05) is 0 Å². The smallest absolute Gasteiger partial charge is 0.292 e. The average Bonchev–Trinajstić information content (AvgIpc) is 2.03. The second-order valence-corrected chi connectivity index (χ2v) is 3.81. The van der Waals surface area contributed by atoms with E-state index >= 15 is 0 Å². The summed E-state index contributed by atoms with van der Waals surface area (Å²) in [6.07, 6.45) is 1.49. The summed E-state index contributed by atoms with van der Waals surface area (Å²) in [6.45, 7) is 0. The normalized spacial score (nSPS) is 12.5. The molecule has 0 radical (unpaired) electrons. The third-order valence-electron chi connectivity index (χ3n) is 1.53. The Kier molecular flexibility index (Phi) is 2.74. The summed E-state index contributed by atoms with van der Waals surface area (Å²) in [5.41, 5.74) is 5.27. The van der Waals surface area contributed by atoms with E-state index < -0.39 is 16.1 Å². The molecule has 1 aromatic carbocycles. The van der Waals surface area contributed by atoms with Gasteiger partial charge in [-0.15, -0.1) is 0 Å². The van der Waals surface area contributed by atoms with Gasteiger partial charge in [-0.25, -0.2) is 0 Å². The zero-order chi connectivity index (χ0) is 10.0. The molecule has 1 rings (SSSR count). The van der Waals surface area contributed by atoms with Gasteiger partial charge in [-0.05, 0) is 11.2 Å². The summed E-state index contributed by atoms with van der Waals surface area (Å²) in [5.74, 6) is 0. The lowest BCUT2D eigenvalue weighted by molar-refractivity contribution is -0.383. The van der Waals surface area contributed by atoms with Gasteiger partial charge in [-0.2, -0.15) is 0 Å². The summed E-state index contributed by atoms with van der Waals surface area (Å²) in [5, 5.41) is 10.4. The van der Waals surface area contributed by atoms with Gasteiger partial charge in [0.1, 0.15) is 11.9 Å². The summed E-state index contributed by atoms with van der Waals surface area (Å²) < 4.78 is 11.0. The highest BCUT2D eigenvalue weighted by Gasteiger charge is 2.14. The molecule has 0 saturated carbocycles. The van der Waals surface area contributed by atoms with Crippen molar-refractivity contribution >= 4 is 22.6 Å². The minimum absolute atomic E-state index is 0.0395. The van der Waals surface area contributed by atoms with Crippen LogP contribution >= 0.6 is 0 Å². The molecular weight excluding hydrogens is 192 g/mol. The minimum atomic E-state index is -1.16. The van der Waals surface area contributed by atoms with Crippen LogP contribution in [-0.4, -0.2) is 15.7 Å². The highest BCUT2D eigenvalue weighted by molar-refractivity contribution is 7.90. The van der Waals surface area contributed by atoms with Gasteiger partial charge in [0.15, 0.2) is 4.90 Å². The molecule has 0 aliphatic heterocycles. The van der Waals surface area contributed by atoms with Crippen molar-refractivity contribution in [2.24, 2.45) is 0 Å². The fourth-order valence-electron chi connectivity index (χ4n) is 0.878. The first-order valence-corrected chi connectivity index (χ1v) is 4.95. The lowest BCUT2D eigenvalue weighted by Crippen LogP contribution is -2.01. The standard InChI is InChI=1S/C7H8N2O3S/c1-13(12)5-2-3-7(9(10)11)6(8)4-5/h2-4H,8H2,1H3. The largest absolute Gasteiger partial charge is 0.612 e. The average molecular weight is 200 g/mol. The molecule has 1 unspecified atom stereocenters. The Balaban J connectivity index is 3.13. The van der Waals surface area contributed by atoms with Crippen LogP contribution in [0.15, 0.2) is 23.1 Å². The number of benzene rings is 1. The molecule has 6 heteroatoms. The minimum Gasteiger partial charge on any atom is -0.612 e. The maximum Gasteiger partial charge on any atom is 0.292 e.